The van der Waals surface area contributed by atoms with Crippen molar-refractivity contribution in [3.05, 3.63) is 12.2 Å². The molecular weight excluding hydrogens is 130 g/mol. The summed E-state index contributed by atoms with van der Waals surface area (Å²) in [5.74, 6) is 1.20. The summed E-state index contributed by atoms with van der Waals surface area (Å²) in [5, 5.41) is 0. The van der Waals surface area contributed by atoms with Crippen molar-refractivity contribution in [1.29, 1.82) is 0 Å². The Morgan fingerprint density at radius 2 is 2.33 bits per heavy atom. The van der Waals surface area contributed by atoms with E-state index in [1.54, 1.807) is 0 Å². The molecule has 1 unspecified atom stereocenters. The van der Waals surface area contributed by atoms with Crippen LogP contribution in [-0.4, -0.2) is 18.1 Å². The summed E-state index contributed by atoms with van der Waals surface area (Å²) in [5.41, 5.74) is 5.48. The Morgan fingerprint density at radius 1 is 1.67 bits per heavy atom. The topological polar surface area (TPSA) is 26.0 Å². The number of rotatable bonds is 4. The van der Waals surface area contributed by atoms with Crippen molar-refractivity contribution in [3.63, 3.8) is 0 Å². The summed E-state index contributed by atoms with van der Waals surface area (Å²) in [4.78, 5) is 0. The van der Waals surface area contributed by atoms with Crippen LogP contribution in [0.1, 0.15) is 13.3 Å². The molecule has 0 aliphatic carbocycles. The lowest BCUT2D eigenvalue weighted by molar-refractivity contribution is 0.919. The van der Waals surface area contributed by atoms with E-state index in [-0.39, 0.29) is 6.04 Å². The van der Waals surface area contributed by atoms with Crippen molar-refractivity contribution in [2.24, 2.45) is 5.73 Å². The van der Waals surface area contributed by atoms with Crippen LogP contribution in [0.2, 0.25) is 0 Å². The van der Waals surface area contributed by atoms with Crippen LogP contribution in [0.5, 0.6) is 0 Å². The van der Waals surface area contributed by atoms with Crippen LogP contribution >= 0.6 is 11.8 Å². The van der Waals surface area contributed by atoms with Gasteiger partial charge in [0, 0.05) is 6.04 Å². The molecule has 9 heavy (non-hydrogen) atoms. The molecule has 0 radical (unpaired) electrons. The summed E-state index contributed by atoms with van der Waals surface area (Å²) >= 11 is 1.86. The minimum absolute atomic E-state index is 0.215. The normalized spacial score (nSPS) is 14.6. The fourth-order valence-corrected chi connectivity index (χ4v) is 0.869. The third-order valence-electron chi connectivity index (χ3n) is 0.928. The van der Waals surface area contributed by atoms with E-state index in [2.05, 4.69) is 12.3 Å². The zero-order chi connectivity index (χ0) is 7.11. The van der Waals surface area contributed by atoms with Gasteiger partial charge in [0.25, 0.3) is 0 Å². The predicted octanol–water partition coefficient (Wildman–Crippen LogP) is 1.64. The molecule has 0 amide bonds. The molecule has 1 atom stereocenters. The Labute approximate surface area is 61.7 Å². The van der Waals surface area contributed by atoms with Crippen molar-refractivity contribution in [3.8, 4) is 0 Å². The molecule has 0 spiro atoms. The van der Waals surface area contributed by atoms with Gasteiger partial charge in [0.2, 0.25) is 0 Å². The third kappa shape index (κ3) is 8.05. The van der Waals surface area contributed by atoms with E-state index in [1.807, 2.05) is 24.8 Å². The Balaban J connectivity index is 3.04. The lowest BCUT2D eigenvalue weighted by atomic mass is 10.3. The first-order valence-corrected chi connectivity index (χ1v) is 4.58. The predicted molar refractivity (Wildman–Crippen MR) is 45.8 cm³/mol. The van der Waals surface area contributed by atoms with E-state index in [0.717, 1.165) is 6.42 Å². The molecular formula is C7H15NS. The van der Waals surface area contributed by atoms with E-state index < -0.39 is 0 Å². The molecule has 0 aliphatic heterocycles. The van der Waals surface area contributed by atoms with Gasteiger partial charge in [-0.1, -0.05) is 12.2 Å². The van der Waals surface area contributed by atoms with E-state index in [1.165, 1.54) is 5.75 Å². The molecule has 0 aromatic heterocycles. The first-order valence-electron chi connectivity index (χ1n) is 3.18. The number of hydrogen-bond acceptors (Lipinski definition) is 2. The number of hydrogen-bond donors (Lipinski definition) is 1. The largest absolute Gasteiger partial charge is 0.325 e. The monoisotopic (exact) mass is 145 g/mol. The third-order valence-corrected chi connectivity index (χ3v) is 1.57. The number of allylic oxidation sites excluding steroid dienone is 1. The maximum absolute atomic E-state index is 5.48. The van der Waals surface area contributed by atoms with Crippen molar-refractivity contribution in [2.45, 2.75) is 19.4 Å². The maximum Gasteiger partial charge on any atom is 0.0194 e. The van der Waals surface area contributed by atoms with Gasteiger partial charge in [-0.25, -0.2) is 0 Å². The van der Waals surface area contributed by atoms with Crippen molar-refractivity contribution in [2.75, 3.05) is 12.0 Å². The highest BCUT2D eigenvalue weighted by atomic mass is 32.2. The standard InChI is InChI=1S/C7H15NS/c1-7(8)5-3-4-6-9-2/h3,5,7H,4,6,8H2,1-2H3/b5-3+. The Hall–Kier alpha value is 0.0500. The summed E-state index contributed by atoms with van der Waals surface area (Å²) in [6.45, 7) is 1.98. The van der Waals surface area contributed by atoms with E-state index in [9.17, 15) is 0 Å². The quantitative estimate of drug-likeness (QED) is 0.481. The zero-order valence-electron chi connectivity index (χ0n) is 6.13. The van der Waals surface area contributed by atoms with Crippen LogP contribution in [-0.2, 0) is 0 Å². The van der Waals surface area contributed by atoms with Gasteiger partial charge in [0.05, 0.1) is 0 Å². The minimum atomic E-state index is 0.215. The molecule has 1 nitrogen and oxygen atoms in total. The highest BCUT2D eigenvalue weighted by molar-refractivity contribution is 7.98. The van der Waals surface area contributed by atoms with Gasteiger partial charge < -0.3 is 5.73 Å². The molecule has 0 saturated heterocycles. The van der Waals surface area contributed by atoms with Crippen LogP contribution in [0.15, 0.2) is 12.2 Å². The Morgan fingerprint density at radius 3 is 2.78 bits per heavy atom. The Bertz CT molecular complexity index is 79.0. The smallest absolute Gasteiger partial charge is 0.0194 e. The van der Waals surface area contributed by atoms with Gasteiger partial charge in [-0.05, 0) is 25.4 Å². The van der Waals surface area contributed by atoms with Gasteiger partial charge in [-0.15, -0.1) is 0 Å². The first kappa shape index (κ1) is 9.05. The van der Waals surface area contributed by atoms with Crippen LogP contribution in [0.25, 0.3) is 0 Å². The van der Waals surface area contributed by atoms with Crippen LogP contribution < -0.4 is 5.73 Å². The molecule has 0 aliphatic rings. The highest BCUT2D eigenvalue weighted by Gasteiger charge is 1.81. The molecule has 0 aromatic carbocycles. The lowest BCUT2D eigenvalue weighted by Crippen LogP contribution is -2.09. The second-order valence-corrected chi connectivity index (χ2v) is 3.05. The van der Waals surface area contributed by atoms with Crippen molar-refractivity contribution >= 4 is 11.8 Å². The average molecular weight is 145 g/mol. The maximum atomic E-state index is 5.48. The molecule has 0 aromatic rings. The van der Waals surface area contributed by atoms with E-state index in [0.29, 0.717) is 0 Å². The molecule has 0 fully saturated rings. The van der Waals surface area contributed by atoms with Gasteiger partial charge in [0.1, 0.15) is 0 Å². The highest BCUT2D eigenvalue weighted by Crippen LogP contribution is 1.96. The van der Waals surface area contributed by atoms with Gasteiger partial charge >= 0.3 is 0 Å². The molecule has 0 bridgehead atoms. The minimum Gasteiger partial charge on any atom is -0.325 e. The molecule has 0 heterocycles. The van der Waals surface area contributed by atoms with Gasteiger partial charge in [0.15, 0.2) is 0 Å². The molecule has 0 saturated carbocycles. The van der Waals surface area contributed by atoms with Crippen molar-refractivity contribution < 1.29 is 0 Å². The summed E-state index contributed by atoms with van der Waals surface area (Å²) < 4.78 is 0. The molecule has 2 N–H and O–H groups in total. The lowest BCUT2D eigenvalue weighted by Gasteiger charge is -1.93. The van der Waals surface area contributed by atoms with Crippen LogP contribution in [0.4, 0.5) is 0 Å². The summed E-state index contributed by atoms with van der Waals surface area (Å²) in [6, 6.07) is 0.215. The van der Waals surface area contributed by atoms with Crippen LogP contribution in [0, 0.1) is 0 Å². The zero-order valence-corrected chi connectivity index (χ0v) is 6.95. The fourth-order valence-electron chi connectivity index (χ4n) is 0.497. The first-order chi connectivity index (χ1) is 4.27. The van der Waals surface area contributed by atoms with E-state index in [4.69, 9.17) is 5.73 Å². The van der Waals surface area contributed by atoms with E-state index >= 15 is 0 Å². The number of thioether (sulfide) groups is 1. The molecule has 2 heteroatoms. The second kappa shape index (κ2) is 6.17. The molecule has 0 rings (SSSR count). The summed E-state index contributed by atoms with van der Waals surface area (Å²) in [6.07, 6.45) is 7.43. The molecule has 54 valence electrons. The van der Waals surface area contributed by atoms with Crippen molar-refractivity contribution in [1.82, 2.24) is 0 Å². The second-order valence-electron chi connectivity index (χ2n) is 2.07. The summed E-state index contributed by atoms with van der Waals surface area (Å²) in [7, 11) is 0. The van der Waals surface area contributed by atoms with Crippen LogP contribution in [0.3, 0.4) is 0 Å². The average Bonchev–Trinajstić information content (AvgIpc) is 1.80. The Kier molecular flexibility index (Phi) is 6.21. The fraction of sp³-hybridized carbons (Fsp3) is 0.714. The number of nitrogens with two attached hydrogens (primary N) is 1. The SMILES string of the molecule is CSCC/C=C/C(C)N. The van der Waals surface area contributed by atoms with Gasteiger partial charge in [-0.3, -0.25) is 0 Å². The van der Waals surface area contributed by atoms with Gasteiger partial charge in [-0.2, -0.15) is 11.8 Å².